The molecule has 2 aromatic rings. The maximum absolute atomic E-state index is 14.0. The maximum atomic E-state index is 14.0. The topological polar surface area (TPSA) is 285 Å². The van der Waals surface area contributed by atoms with Crippen LogP contribution in [0, 0.1) is 16.7 Å². The van der Waals surface area contributed by atoms with Gasteiger partial charge in [0.15, 0.2) is 25.2 Å². The molecule has 22 nitrogen and oxygen atoms in total. The van der Waals surface area contributed by atoms with Crippen LogP contribution in [0.25, 0.3) is 6.08 Å². The molecule has 0 bridgehead atoms. The number of rotatable bonds is 18. The SMILES string of the molecule is CO[C@H]1[C@@H](O)[C@H](O[C@@H]2[C@@H](C)O[C@@H](O[C@@H]3[C@@H](C)O[C@@H](O[C@H]4[C@@H](OC)C[C@H](O[C@H]5CC[C@@]6(C)C(=CC[C@]7(O)[C@@H]6CC(OC(=O)/C=C/c6ccccc6)[C@@]6(C)[C@]7(O)CC[C@]6(O)C(C)OC(=O)c6cccc(O)c6)C5)O[C@@H]4C)C[C@H]3OC)C[C@H]2OC)O[C@H](C)[C@H]1O. The monoisotopic (exact) mass is 1220 g/mol. The van der Waals surface area contributed by atoms with Gasteiger partial charge >= 0.3 is 11.9 Å². The molecule has 22 heteroatoms. The van der Waals surface area contributed by atoms with Gasteiger partial charge < -0.3 is 97.0 Å². The zero-order valence-electron chi connectivity index (χ0n) is 51.8. The molecule has 8 aliphatic rings. The summed E-state index contributed by atoms with van der Waals surface area (Å²) in [6.07, 6.45) is -7.03. The Morgan fingerprint density at radius 3 is 1.83 bits per heavy atom. The minimum atomic E-state index is -2.05. The Hall–Kier alpha value is -4.02. The van der Waals surface area contributed by atoms with E-state index in [0.717, 1.165) is 11.1 Å². The number of hydrogen-bond acceptors (Lipinski definition) is 22. The predicted octanol–water partition coefficient (Wildman–Crippen LogP) is 5.57. The first-order valence-corrected chi connectivity index (χ1v) is 30.9. The van der Waals surface area contributed by atoms with Crippen molar-refractivity contribution in [3.63, 3.8) is 0 Å². The normalized spacial score (nSPS) is 45.1. The van der Waals surface area contributed by atoms with E-state index in [1.165, 1.54) is 44.4 Å². The van der Waals surface area contributed by atoms with Gasteiger partial charge in [-0.05, 0) is 115 Å². The minimum Gasteiger partial charge on any atom is -0.508 e. The number of methoxy groups -OCH3 is 4. The number of benzene rings is 2. The third-order valence-electron chi connectivity index (χ3n) is 21.2. The lowest BCUT2D eigenvalue weighted by molar-refractivity contribution is -0.356. The smallest absolute Gasteiger partial charge is 0.338 e. The van der Waals surface area contributed by atoms with Crippen LogP contribution in [0.5, 0.6) is 5.75 Å². The summed E-state index contributed by atoms with van der Waals surface area (Å²) in [6.45, 7) is 12.6. The zero-order valence-corrected chi connectivity index (χ0v) is 51.8. The number of aliphatic hydroxyl groups is 5. The van der Waals surface area contributed by atoms with Crippen molar-refractivity contribution >= 4 is 18.0 Å². The fraction of sp³-hybridized carbons (Fsp3) is 0.723. The Morgan fingerprint density at radius 1 is 0.667 bits per heavy atom. The molecule has 4 saturated heterocycles. The number of phenols is 1. The minimum absolute atomic E-state index is 0.0357. The molecule has 0 radical (unpaired) electrons. The second kappa shape index (κ2) is 26.3. The molecule has 2 aromatic carbocycles. The van der Waals surface area contributed by atoms with Gasteiger partial charge in [0.2, 0.25) is 0 Å². The number of aliphatic hydroxyl groups excluding tert-OH is 2. The molecule has 6 N–H and O–H groups in total. The Bertz CT molecular complexity index is 2750. The van der Waals surface area contributed by atoms with E-state index in [9.17, 15) is 40.2 Å². The summed E-state index contributed by atoms with van der Waals surface area (Å²) in [5, 5.41) is 71.4. The van der Waals surface area contributed by atoms with Crippen LogP contribution in [0.1, 0.15) is 129 Å². The van der Waals surface area contributed by atoms with E-state index < -0.39 is 162 Å². The van der Waals surface area contributed by atoms with Crippen molar-refractivity contribution in [3.8, 4) is 5.75 Å². The summed E-state index contributed by atoms with van der Waals surface area (Å²) in [4.78, 5) is 27.6. The zero-order chi connectivity index (χ0) is 62.5. The summed E-state index contributed by atoms with van der Waals surface area (Å²) < 4.78 is 87.4. The van der Waals surface area contributed by atoms with Crippen LogP contribution < -0.4 is 0 Å². The molecule has 3 saturated carbocycles. The Morgan fingerprint density at radius 2 is 1.25 bits per heavy atom. The molecular formula is C65H92O22. The number of carbonyl (C=O) groups excluding carboxylic acids is 2. The van der Waals surface area contributed by atoms with Gasteiger partial charge in [-0.3, -0.25) is 0 Å². The molecule has 4 aliphatic heterocycles. The molecule has 26 atom stereocenters. The first kappa shape index (κ1) is 65.9. The van der Waals surface area contributed by atoms with Gasteiger partial charge in [-0.2, -0.15) is 0 Å². The van der Waals surface area contributed by atoms with E-state index in [4.69, 9.17) is 66.3 Å². The van der Waals surface area contributed by atoms with Crippen LogP contribution >= 0.6 is 0 Å². The summed E-state index contributed by atoms with van der Waals surface area (Å²) in [6, 6.07) is 14.9. The number of esters is 2. The summed E-state index contributed by atoms with van der Waals surface area (Å²) in [7, 11) is 6.22. The number of hydrogen-bond donors (Lipinski definition) is 6. The van der Waals surface area contributed by atoms with Gasteiger partial charge in [-0.1, -0.05) is 61.9 Å². The highest BCUT2D eigenvalue weighted by molar-refractivity contribution is 5.90. The van der Waals surface area contributed by atoms with Gasteiger partial charge in [-0.15, -0.1) is 0 Å². The Kier molecular flexibility index (Phi) is 19.9. The van der Waals surface area contributed by atoms with Gasteiger partial charge in [0, 0.05) is 59.7 Å². The lowest BCUT2D eigenvalue weighted by Gasteiger charge is -2.67. The molecule has 10 rings (SSSR count). The molecule has 7 fully saturated rings. The average Bonchev–Trinajstić information content (AvgIpc) is 1.61. The van der Waals surface area contributed by atoms with Crippen molar-refractivity contribution in [2.24, 2.45) is 16.7 Å². The maximum Gasteiger partial charge on any atom is 0.338 e. The van der Waals surface area contributed by atoms with Crippen molar-refractivity contribution in [2.45, 2.75) is 252 Å². The van der Waals surface area contributed by atoms with Gasteiger partial charge in [-0.25, -0.2) is 9.59 Å². The molecule has 0 aromatic heterocycles. The second-order valence-corrected chi connectivity index (χ2v) is 25.9. The van der Waals surface area contributed by atoms with Crippen LogP contribution in [0.15, 0.2) is 72.3 Å². The van der Waals surface area contributed by atoms with Crippen molar-refractivity contribution in [1.29, 1.82) is 0 Å². The fourth-order valence-corrected chi connectivity index (χ4v) is 16.1. The largest absolute Gasteiger partial charge is 0.508 e. The van der Waals surface area contributed by atoms with Gasteiger partial charge in [0.05, 0.1) is 59.8 Å². The standard InChI is InChI=1S/C65H92O22/c1-34-53(68)58(77-11)54(69)60(81-34)87-57-37(4)80-52(32-46(57)76-10)86-56-36(3)79-51(31-45(56)75-9)85-55-35(2)78-50(30-44(55)74-8)83-43-23-24-61(6)41(29-43)22-25-64(72)47(61)33-48(84-49(67)21-20-39-16-13-12-14-17-39)62(7)63(71,26-27-65(62,64)73)38(5)82-59(70)40-18-15-19-42(66)28-40/h12-22,28,34-38,43-48,50-58,60,66,68-69,71-73H,23-27,29-33H2,1-11H3/b21-20+/t34-,35-,36-,37-,38?,43+,44+,45-,46-,47-,48?,50+,51+,52+,53-,54-,55-,56-,57-,58-,60+,61+,62-,63+,64+,65-/m1/s1. The molecule has 0 amide bonds. The highest BCUT2D eigenvalue weighted by atomic mass is 16.8. The van der Waals surface area contributed by atoms with Crippen molar-refractivity contribution in [2.75, 3.05) is 28.4 Å². The lowest BCUT2D eigenvalue weighted by atomic mass is 9.42. The van der Waals surface area contributed by atoms with Crippen LogP contribution in [-0.2, 0) is 71.1 Å². The van der Waals surface area contributed by atoms with Crippen molar-refractivity contribution < 1.29 is 107 Å². The number of fused-ring (bicyclic) bond motifs is 5. The highest BCUT2D eigenvalue weighted by Gasteiger charge is 2.81. The van der Waals surface area contributed by atoms with Crippen LogP contribution in [-0.4, -0.2) is 211 Å². The third kappa shape index (κ3) is 12.2. The second-order valence-electron chi connectivity index (χ2n) is 25.9. The number of carbonyl (C=O) groups is 2. The van der Waals surface area contributed by atoms with E-state index in [0.29, 0.717) is 32.1 Å². The predicted molar refractivity (Wildman–Crippen MR) is 309 cm³/mol. The van der Waals surface area contributed by atoms with E-state index >= 15 is 0 Å². The summed E-state index contributed by atoms with van der Waals surface area (Å²) in [5.41, 5.74) is -6.48. The third-order valence-corrected chi connectivity index (χ3v) is 21.2. The Balaban J connectivity index is 0.778. The summed E-state index contributed by atoms with van der Waals surface area (Å²) in [5.74, 6) is -2.30. The lowest BCUT2D eigenvalue weighted by Crippen LogP contribution is -2.78. The summed E-state index contributed by atoms with van der Waals surface area (Å²) >= 11 is 0. The molecule has 4 aliphatic carbocycles. The first-order chi connectivity index (χ1) is 41.3. The van der Waals surface area contributed by atoms with E-state index in [-0.39, 0.29) is 49.5 Å². The molecular weight excluding hydrogens is 1130 g/mol. The highest BCUT2D eigenvalue weighted by Crippen LogP contribution is 2.71. The first-order valence-electron chi connectivity index (χ1n) is 30.9. The van der Waals surface area contributed by atoms with Gasteiger partial charge in [0.25, 0.3) is 0 Å². The van der Waals surface area contributed by atoms with Gasteiger partial charge in [0.1, 0.15) is 71.4 Å². The average molecular weight is 1230 g/mol. The van der Waals surface area contributed by atoms with E-state index in [2.05, 4.69) is 6.92 Å². The number of phenolic OH excluding ortho intramolecular Hbond substituents is 1. The number of ether oxygens (including phenoxy) is 14. The molecule has 87 heavy (non-hydrogen) atoms. The Labute approximate surface area is 509 Å². The molecule has 484 valence electrons. The molecule has 2 unspecified atom stereocenters. The van der Waals surface area contributed by atoms with Crippen LogP contribution in [0.2, 0.25) is 0 Å². The van der Waals surface area contributed by atoms with E-state index in [1.807, 2.05) is 57.2 Å². The fourth-order valence-electron chi connectivity index (χ4n) is 16.1. The van der Waals surface area contributed by atoms with Crippen molar-refractivity contribution in [1.82, 2.24) is 0 Å². The van der Waals surface area contributed by atoms with Crippen molar-refractivity contribution in [3.05, 3.63) is 83.4 Å². The molecule has 4 heterocycles. The number of aromatic hydroxyl groups is 1. The quantitative estimate of drug-likeness (QED) is 0.0604. The van der Waals surface area contributed by atoms with E-state index in [1.54, 1.807) is 41.3 Å². The van der Waals surface area contributed by atoms with Crippen LogP contribution in [0.3, 0.4) is 0 Å². The van der Waals surface area contributed by atoms with Crippen LogP contribution in [0.4, 0.5) is 0 Å². The molecule has 0 spiro atoms.